The monoisotopic (exact) mass is 393 g/mol. The van der Waals surface area contributed by atoms with E-state index >= 15 is 0 Å². The number of carbonyl (C=O) groups is 1. The Morgan fingerprint density at radius 1 is 1.14 bits per heavy atom. The van der Waals surface area contributed by atoms with Crippen molar-refractivity contribution in [1.82, 2.24) is 15.0 Å². The zero-order valence-electron chi connectivity index (χ0n) is 15.9. The molecule has 0 spiro atoms. The third-order valence-corrected chi connectivity index (χ3v) is 5.18. The number of hydrogen-bond donors (Lipinski definition) is 0. The lowest BCUT2D eigenvalue weighted by Crippen LogP contribution is -2.36. The van der Waals surface area contributed by atoms with Crippen LogP contribution in [0, 0.1) is 0 Å². The molecule has 1 amide bonds. The number of rotatable bonds is 4. The van der Waals surface area contributed by atoms with Crippen molar-refractivity contribution >= 4 is 5.91 Å². The zero-order chi connectivity index (χ0) is 19.8. The minimum atomic E-state index is -0.0433. The maximum atomic E-state index is 12.8. The molecule has 2 aromatic carbocycles. The molecule has 0 N–H and O–H groups in total. The minimum absolute atomic E-state index is 0.0433. The predicted octanol–water partition coefficient (Wildman–Crippen LogP) is 2.60. The van der Waals surface area contributed by atoms with Gasteiger partial charge in [-0.3, -0.25) is 4.79 Å². The Morgan fingerprint density at radius 3 is 2.66 bits per heavy atom. The highest BCUT2D eigenvalue weighted by Gasteiger charge is 2.26. The van der Waals surface area contributed by atoms with Crippen molar-refractivity contribution in [3.05, 3.63) is 53.4 Å². The molecule has 1 aromatic heterocycles. The minimum Gasteiger partial charge on any atom is -0.497 e. The number of ether oxygens (including phenoxy) is 3. The number of amides is 1. The van der Waals surface area contributed by atoms with Gasteiger partial charge in [0.1, 0.15) is 12.2 Å². The Hall–Kier alpha value is -3.55. The standard InChI is InChI=1S/C21H19N3O5/c1-26-16-4-2-13(3-5-16)21-22-19(29-23-21)10-20(25)24-7-6-14-8-17-18(28-12-27-17)9-15(14)11-24/h2-5,8-9H,6-7,10-12H2,1H3. The number of aromatic nitrogens is 2. The lowest BCUT2D eigenvalue weighted by molar-refractivity contribution is -0.131. The summed E-state index contributed by atoms with van der Waals surface area (Å²) in [6, 6.07) is 11.3. The summed E-state index contributed by atoms with van der Waals surface area (Å²) in [4.78, 5) is 18.9. The number of carbonyl (C=O) groups excluding carboxylic acids is 1. The maximum absolute atomic E-state index is 12.8. The van der Waals surface area contributed by atoms with Crippen LogP contribution in [0.25, 0.3) is 11.4 Å². The molecule has 3 aromatic rings. The van der Waals surface area contributed by atoms with E-state index in [1.165, 1.54) is 5.56 Å². The van der Waals surface area contributed by atoms with Gasteiger partial charge in [0.15, 0.2) is 11.5 Å². The molecule has 0 radical (unpaired) electrons. The largest absolute Gasteiger partial charge is 0.497 e. The van der Waals surface area contributed by atoms with Crippen molar-refractivity contribution in [2.24, 2.45) is 0 Å². The van der Waals surface area contributed by atoms with E-state index in [0.29, 0.717) is 24.8 Å². The Labute approximate surface area is 167 Å². The van der Waals surface area contributed by atoms with Crippen LogP contribution in [0.2, 0.25) is 0 Å². The molecule has 29 heavy (non-hydrogen) atoms. The lowest BCUT2D eigenvalue weighted by Gasteiger charge is -2.28. The summed E-state index contributed by atoms with van der Waals surface area (Å²) in [7, 11) is 1.61. The lowest BCUT2D eigenvalue weighted by atomic mass is 9.98. The van der Waals surface area contributed by atoms with Gasteiger partial charge in [0.05, 0.1) is 7.11 Å². The van der Waals surface area contributed by atoms with Gasteiger partial charge in [0.25, 0.3) is 0 Å². The Kier molecular flexibility index (Phi) is 4.31. The van der Waals surface area contributed by atoms with Gasteiger partial charge in [-0.15, -0.1) is 0 Å². The van der Waals surface area contributed by atoms with Crippen LogP contribution >= 0.6 is 0 Å². The summed E-state index contributed by atoms with van der Waals surface area (Å²) in [6.07, 6.45) is 0.849. The second kappa shape index (κ2) is 7.12. The number of benzene rings is 2. The highest BCUT2D eigenvalue weighted by Crippen LogP contribution is 2.36. The van der Waals surface area contributed by atoms with E-state index in [4.69, 9.17) is 18.7 Å². The SMILES string of the molecule is COc1ccc(-c2noc(CC(=O)N3CCc4cc5c(cc4C3)OCO5)n2)cc1. The molecule has 0 saturated heterocycles. The van der Waals surface area contributed by atoms with Crippen LogP contribution in [0.1, 0.15) is 17.0 Å². The number of fused-ring (bicyclic) bond motifs is 2. The molecule has 148 valence electrons. The fourth-order valence-electron chi connectivity index (χ4n) is 3.58. The van der Waals surface area contributed by atoms with Gasteiger partial charge in [-0.1, -0.05) is 5.16 Å². The number of nitrogens with zero attached hydrogens (tertiary/aromatic N) is 3. The maximum Gasteiger partial charge on any atom is 0.236 e. The van der Waals surface area contributed by atoms with Gasteiger partial charge in [0.2, 0.25) is 24.4 Å². The molecule has 0 bridgehead atoms. The van der Waals surface area contributed by atoms with Crippen LogP contribution in [0.15, 0.2) is 40.9 Å². The fourth-order valence-corrected chi connectivity index (χ4v) is 3.58. The van der Waals surface area contributed by atoms with Gasteiger partial charge in [0, 0.05) is 18.7 Å². The van der Waals surface area contributed by atoms with E-state index in [-0.39, 0.29) is 19.1 Å². The molecular weight excluding hydrogens is 374 g/mol. The topological polar surface area (TPSA) is 86.9 Å². The average molecular weight is 393 g/mol. The molecule has 8 heteroatoms. The van der Waals surface area contributed by atoms with Crippen molar-refractivity contribution in [2.75, 3.05) is 20.4 Å². The van der Waals surface area contributed by atoms with Crippen LogP contribution < -0.4 is 14.2 Å². The van der Waals surface area contributed by atoms with Crippen LogP contribution in [0.3, 0.4) is 0 Å². The summed E-state index contributed by atoms with van der Waals surface area (Å²) in [5, 5.41) is 3.99. The molecule has 3 heterocycles. The highest BCUT2D eigenvalue weighted by atomic mass is 16.7. The summed E-state index contributed by atoms with van der Waals surface area (Å²) >= 11 is 0. The molecule has 0 fully saturated rings. The van der Waals surface area contributed by atoms with Gasteiger partial charge in [-0.05, 0) is 53.9 Å². The predicted molar refractivity (Wildman–Crippen MR) is 102 cm³/mol. The molecule has 0 unspecified atom stereocenters. The first-order chi connectivity index (χ1) is 14.2. The molecule has 0 aliphatic carbocycles. The number of hydrogen-bond acceptors (Lipinski definition) is 7. The van der Waals surface area contributed by atoms with Crippen molar-refractivity contribution in [2.45, 2.75) is 19.4 Å². The Morgan fingerprint density at radius 2 is 1.90 bits per heavy atom. The smallest absolute Gasteiger partial charge is 0.236 e. The highest BCUT2D eigenvalue weighted by molar-refractivity contribution is 5.78. The fraction of sp³-hybridized carbons (Fsp3) is 0.286. The van der Waals surface area contributed by atoms with Crippen LogP contribution in [0.5, 0.6) is 17.2 Å². The van der Waals surface area contributed by atoms with E-state index < -0.39 is 0 Å². The molecule has 8 nitrogen and oxygen atoms in total. The molecule has 2 aliphatic rings. The molecule has 0 atom stereocenters. The van der Waals surface area contributed by atoms with Crippen molar-refractivity contribution in [3.8, 4) is 28.6 Å². The second-order valence-corrected chi connectivity index (χ2v) is 6.96. The van der Waals surface area contributed by atoms with Crippen molar-refractivity contribution in [1.29, 1.82) is 0 Å². The Bertz CT molecular complexity index is 1060. The number of methoxy groups -OCH3 is 1. The van der Waals surface area contributed by atoms with Gasteiger partial charge < -0.3 is 23.6 Å². The normalized spacial score (nSPS) is 14.6. The van der Waals surface area contributed by atoms with Crippen LogP contribution in [-0.4, -0.2) is 41.4 Å². The summed E-state index contributed by atoms with van der Waals surface area (Å²) < 4.78 is 21.3. The first kappa shape index (κ1) is 17.5. The van der Waals surface area contributed by atoms with Crippen LogP contribution in [-0.2, 0) is 24.2 Å². The summed E-state index contributed by atoms with van der Waals surface area (Å²) in [5.74, 6) is 2.97. The Balaban J connectivity index is 1.27. The third-order valence-electron chi connectivity index (χ3n) is 5.18. The van der Waals surface area contributed by atoms with Gasteiger partial charge in [-0.2, -0.15) is 4.98 Å². The van der Waals surface area contributed by atoms with E-state index in [9.17, 15) is 4.79 Å². The molecule has 2 aliphatic heterocycles. The van der Waals surface area contributed by atoms with Crippen LogP contribution in [0.4, 0.5) is 0 Å². The van der Waals surface area contributed by atoms with Gasteiger partial charge >= 0.3 is 0 Å². The van der Waals surface area contributed by atoms with Gasteiger partial charge in [-0.25, -0.2) is 0 Å². The van der Waals surface area contributed by atoms with Crippen molar-refractivity contribution < 1.29 is 23.5 Å². The molecule has 0 saturated carbocycles. The first-order valence-corrected chi connectivity index (χ1v) is 9.36. The first-order valence-electron chi connectivity index (χ1n) is 9.36. The average Bonchev–Trinajstić information content (AvgIpc) is 3.40. The molecule has 5 rings (SSSR count). The zero-order valence-corrected chi connectivity index (χ0v) is 15.9. The quantitative estimate of drug-likeness (QED) is 0.673. The van der Waals surface area contributed by atoms with E-state index in [1.54, 1.807) is 7.11 Å². The molecular formula is C21H19N3O5. The van der Waals surface area contributed by atoms with E-state index in [2.05, 4.69) is 10.1 Å². The van der Waals surface area contributed by atoms with E-state index in [0.717, 1.165) is 34.8 Å². The van der Waals surface area contributed by atoms with E-state index in [1.807, 2.05) is 41.3 Å². The second-order valence-electron chi connectivity index (χ2n) is 6.96. The summed E-state index contributed by atoms with van der Waals surface area (Å²) in [5.41, 5.74) is 3.08. The van der Waals surface area contributed by atoms with Crippen molar-refractivity contribution in [3.63, 3.8) is 0 Å². The summed E-state index contributed by atoms with van der Waals surface area (Å²) in [6.45, 7) is 1.42. The third kappa shape index (κ3) is 3.37.